The number of hydrogen-bond acceptors (Lipinski definition) is 5. The monoisotopic (exact) mass is 406 g/mol. The van der Waals surface area contributed by atoms with Crippen LogP contribution in [0.4, 0.5) is 0 Å². The molecule has 0 unspecified atom stereocenters. The lowest BCUT2D eigenvalue weighted by Gasteiger charge is -2.28. The lowest BCUT2D eigenvalue weighted by molar-refractivity contribution is -0.151. The fraction of sp³-hybridized carbons (Fsp3) is 0.375. The normalized spacial score (nSPS) is 18.2. The Bertz CT molecular complexity index is 916. The van der Waals surface area contributed by atoms with E-state index in [-0.39, 0.29) is 30.9 Å². The maximum Gasteiger partial charge on any atom is 0.312 e. The Morgan fingerprint density at radius 1 is 1.17 bits per heavy atom. The molecule has 2 atom stereocenters. The van der Waals surface area contributed by atoms with Gasteiger partial charge < -0.3 is 14.4 Å². The van der Waals surface area contributed by atoms with Gasteiger partial charge in [-0.3, -0.25) is 9.59 Å². The first-order chi connectivity index (χ1) is 14.6. The average molecular weight is 406 g/mol. The van der Waals surface area contributed by atoms with Gasteiger partial charge in [0.15, 0.2) is 0 Å². The van der Waals surface area contributed by atoms with E-state index in [2.05, 4.69) is 13.0 Å². The van der Waals surface area contributed by atoms with E-state index in [1.165, 1.54) is 0 Å². The van der Waals surface area contributed by atoms with E-state index in [4.69, 9.17) is 14.7 Å². The summed E-state index contributed by atoms with van der Waals surface area (Å²) in [5, 5.41) is 8.89. The van der Waals surface area contributed by atoms with Crippen molar-refractivity contribution in [3.05, 3.63) is 65.2 Å². The zero-order chi connectivity index (χ0) is 21.5. The van der Waals surface area contributed by atoms with Crippen LogP contribution in [-0.2, 0) is 20.9 Å². The first kappa shape index (κ1) is 21.4. The van der Waals surface area contributed by atoms with Crippen molar-refractivity contribution in [2.45, 2.75) is 38.8 Å². The number of carbonyl (C=O) groups is 2. The molecule has 6 heteroatoms. The summed E-state index contributed by atoms with van der Waals surface area (Å²) in [5.41, 5.74) is 2.26. The molecule has 0 aromatic heterocycles. The van der Waals surface area contributed by atoms with Crippen LogP contribution in [0.3, 0.4) is 0 Å². The second-order valence-corrected chi connectivity index (χ2v) is 7.39. The SMILES string of the molecule is CCCCN1C(=O)C[C@H](C(=O)OCc2ccc(C#N)cc2)[C@H]1c1ccc(OC)cc1. The van der Waals surface area contributed by atoms with Crippen molar-refractivity contribution >= 4 is 11.9 Å². The van der Waals surface area contributed by atoms with Gasteiger partial charge in [0.05, 0.1) is 30.7 Å². The van der Waals surface area contributed by atoms with Crippen LogP contribution in [0.1, 0.15) is 48.9 Å². The number of unbranched alkanes of at least 4 members (excludes halogenated alkanes) is 1. The Labute approximate surface area is 177 Å². The lowest BCUT2D eigenvalue weighted by Crippen LogP contribution is -2.32. The molecule has 156 valence electrons. The van der Waals surface area contributed by atoms with Crippen molar-refractivity contribution in [2.75, 3.05) is 13.7 Å². The third-order valence-corrected chi connectivity index (χ3v) is 5.41. The van der Waals surface area contributed by atoms with Gasteiger partial charge in [-0.15, -0.1) is 0 Å². The van der Waals surface area contributed by atoms with E-state index in [0.717, 1.165) is 29.7 Å². The molecule has 0 bridgehead atoms. The number of hydrogen-bond donors (Lipinski definition) is 0. The first-order valence-corrected chi connectivity index (χ1v) is 10.2. The highest BCUT2D eigenvalue weighted by atomic mass is 16.5. The summed E-state index contributed by atoms with van der Waals surface area (Å²) in [7, 11) is 1.60. The standard InChI is InChI=1S/C24H26N2O4/c1-3-4-13-26-22(27)14-21(23(26)19-9-11-20(29-2)12-10-19)24(28)30-16-18-7-5-17(15-25)6-8-18/h5-12,21,23H,3-4,13-14,16H2,1-2H3/t21-,23+/m0/s1. The van der Waals surface area contributed by atoms with Gasteiger partial charge in [-0.1, -0.05) is 37.6 Å². The zero-order valence-corrected chi connectivity index (χ0v) is 17.3. The van der Waals surface area contributed by atoms with Gasteiger partial charge in [-0.25, -0.2) is 0 Å². The van der Waals surface area contributed by atoms with Crippen molar-refractivity contribution in [3.8, 4) is 11.8 Å². The van der Waals surface area contributed by atoms with Crippen LogP contribution >= 0.6 is 0 Å². The van der Waals surface area contributed by atoms with E-state index < -0.39 is 5.92 Å². The molecule has 1 heterocycles. The predicted molar refractivity (Wildman–Crippen MR) is 111 cm³/mol. The van der Waals surface area contributed by atoms with Crippen molar-refractivity contribution in [1.29, 1.82) is 5.26 Å². The smallest absolute Gasteiger partial charge is 0.312 e. The summed E-state index contributed by atoms with van der Waals surface area (Å²) in [6.45, 7) is 2.80. The molecule has 6 nitrogen and oxygen atoms in total. The van der Waals surface area contributed by atoms with Gasteiger partial charge in [-0.05, 0) is 41.8 Å². The molecule has 1 aliphatic heterocycles. The van der Waals surface area contributed by atoms with Crippen LogP contribution in [0.15, 0.2) is 48.5 Å². The number of benzene rings is 2. The Hall–Kier alpha value is -3.33. The second kappa shape index (κ2) is 9.93. The van der Waals surface area contributed by atoms with Gasteiger partial charge in [0.1, 0.15) is 12.4 Å². The fourth-order valence-corrected chi connectivity index (χ4v) is 3.74. The number of esters is 1. The third kappa shape index (κ3) is 4.80. The number of rotatable bonds is 8. The average Bonchev–Trinajstić information content (AvgIpc) is 3.12. The second-order valence-electron chi connectivity index (χ2n) is 7.39. The van der Waals surface area contributed by atoms with Crippen LogP contribution < -0.4 is 4.74 Å². The summed E-state index contributed by atoms with van der Waals surface area (Å²) in [5.74, 6) is -0.235. The van der Waals surface area contributed by atoms with Crippen molar-refractivity contribution in [2.24, 2.45) is 5.92 Å². The molecule has 0 spiro atoms. The van der Waals surface area contributed by atoms with Crippen molar-refractivity contribution in [3.63, 3.8) is 0 Å². The molecule has 0 radical (unpaired) electrons. The van der Waals surface area contributed by atoms with E-state index in [0.29, 0.717) is 12.1 Å². The molecule has 1 amide bonds. The maximum atomic E-state index is 12.9. The quantitative estimate of drug-likeness (QED) is 0.619. The molecular formula is C24H26N2O4. The largest absolute Gasteiger partial charge is 0.497 e. The molecule has 1 aliphatic rings. The molecule has 0 saturated carbocycles. The summed E-state index contributed by atoms with van der Waals surface area (Å²) in [6.07, 6.45) is 1.99. The highest BCUT2D eigenvalue weighted by molar-refractivity contribution is 5.88. The molecular weight excluding hydrogens is 380 g/mol. The zero-order valence-electron chi connectivity index (χ0n) is 17.3. The maximum absolute atomic E-state index is 12.9. The molecule has 0 N–H and O–H groups in total. The molecule has 2 aromatic carbocycles. The van der Waals surface area contributed by atoms with Crippen LogP contribution in [0.25, 0.3) is 0 Å². The highest BCUT2D eigenvalue weighted by Gasteiger charge is 2.45. The van der Waals surface area contributed by atoms with E-state index in [1.807, 2.05) is 24.3 Å². The van der Waals surface area contributed by atoms with E-state index in [1.54, 1.807) is 36.3 Å². The summed E-state index contributed by atoms with van der Waals surface area (Å²) >= 11 is 0. The summed E-state index contributed by atoms with van der Waals surface area (Å²) in [6, 6.07) is 16.1. The highest BCUT2D eigenvalue weighted by Crippen LogP contribution is 2.39. The van der Waals surface area contributed by atoms with Gasteiger partial charge in [0.2, 0.25) is 5.91 Å². The van der Waals surface area contributed by atoms with E-state index >= 15 is 0 Å². The molecule has 1 fully saturated rings. The molecule has 1 saturated heterocycles. The fourth-order valence-electron chi connectivity index (χ4n) is 3.74. The first-order valence-electron chi connectivity index (χ1n) is 10.2. The van der Waals surface area contributed by atoms with Crippen molar-refractivity contribution < 1.29 is 19.1 Å². The van der Waals surface area contributed by atoms with Crippen LogP contribution in [0, 0.1) is 17.2 Å². The number of methoxy groups -OCH3 is 1. The van der Waals surface area contributed by atoms with Crippen LogP contribution in [0.2, 0.25) is 0 Å². The summed E-state index contributed by atoms with van der Waals surface area (Å²) in [4.78, 5) is 27.4. The topological polar surface area (TPSA) is 79.6 Å². The number of ether oxygens (including phenoxy) is 2. The van der Waals surface area contributed by atoms with Crippen LogP contribution in [-0.4, -0.2) is 30.4 Å². The number of nitriles is 1. The van der Waals surface area contributed by atoms with Gasteiger partial charge in [0, 0.05) is 13.0 Å². The van der Waals surface area contributed by atoms with Crippen molar-refractivity contribution in [1.82, 2.24) is 4.90 Å². The lowest BCUT2D eigenvalue weighted by atomic mass is 9.93. The molecule has 30 heavy (non-hydrogen) atoms. The molecule has 3 rings (SSSR count). The minimum atomic E-state index is -0.555. The minimum absolute atomic E-state index is 0.0235. The van der Waals surface area contributed by atoms with Gasteiger partial charge in [-0.2, -0.15) is 5.26 Å². The number of nitrogens with zero attached hydrogens (tertiary/aromatic N) is 2. The van der Waals surface area contributed by atoms with Gasteiger partial charge in [0.25, 0.3) is 0 Å². The minimum Gasteiger partial charge on any atom is -0.497 e. The van der Waals surface area contributed by atoms with Gasteiger partial charge >= 0.3 is 5.97 Å². The number of carbonyl (C=O) groups excluding carboxylic acids is 2. The molecule has 0 aliphatic carbocycles. The Morgan fingerprint density at radius 2 is 1.87 bits per heavy atom. The Balaban J connectivity index is 1.77. The number of amides is 1. The van der Waals surface area contributed by atoms with E-state index in [9.17, 15) is 9.59 Å². The molecule has 2 aromatic rings. The predicted octanol–water partition coefficient (Wildman–Crippen LogP) is 4.00. The third-order valence-electron chi connectivity index (χ3n) is 5.41. The summed E-state index contributed by atoms with van der Waals surface area (Å²) < 4.78 is 10.8. The van der Waals surface area contributed by atoms with Crippen LogP contribution in [0.5, 0.6) is 5.75 Å². The Kier molecular flexibility index (Phi) is 7.08. The Morgan fingerprint density at radius 3 is 2.47 bits per heavy atom. The number of likely N-dealkylation sites (tertiary alicyclic amines) is 1.